The molecule has 0 aromatic carbocycles. The summed E-state index contributed by atoms with van der Waals surface area (Å²) < 4.78 is 11.3. The fraction of sp³-hybridized carbons (Fsp3) is 1.00. The van der Waals surface area contributed by atoms with Crippen LogP contribution in [0.4, 0.5) is 0 Å². The number of nitrogens with one attached hydrogen (secondary N) is 1. The van der Waals surface area contributed by atoms with Gasteiger partial charge < -0.3 is 14.8 Å². The molecule has 0 heterocycles. The molecule has 0 spiro atoms. The number of unbranched alkanes of at least 4 members (excludes halogenated alkanes) is 1. The number of methoxy groups -OCH3 is 1. The maximum absolute atomic E-state index is 5.91. The molecule has 17 heavy (non-hydrogen) atoms. The molecule has 1 aliphatic rings. The first-order valence-electron chi connectivity index (χ1n) is 7.10. The van der Waals surface area contributed by atoms with E-state index in [2.05, 4.69) is 19.2 Å². The maximum atomic E-state index is 5.91. The number of hydrogen-bond acceptors (Lipinski definition) is 3. The van der Waals surface area contributed by atoms with Gasteiger partial charge in [-0.2, -0.15) is 0 Å². The zero-order valence-electron chi connectivity index (χ0n) is 11.7. The second-order valence-corrected chi connectivity index (χ2v) is 5.33. The topological polar surface area (TPSA) is 30.5 Å². The van der Waals surface area contributed by atoms with Gasteiger partial charge in [-0.15, -0.1) is 0 Å². The van der Waals surface area contributed by atoms with Gasteiger partial charge in [0.2, 0.25) is 0 Å². The minimum Gasteiger partial charge on any atom is -0.381 e. The lowest BCUT2D eigenvalue weighted by molar-refractivity contribution is -0.0302. The average molecular weight is 243 g/mol. The second kappa shape index (κ2) is 8.90. The van der Waals surface area contributed by atoms with Crippen LogP contribution in [0.25, 0.3) is 0 Å². The zero-order valence-corrected chi connectivity index (χ0v) is 11.7. The van der Waals surface area contributed by atoms with Crippen LogP contribution in [-0.4, -0.2) is 38.5 Å². The number of hydrogen-bond donors (Lipinski definition) is 1. The first-order chi connectivity index (χ1) is 8.22. The summed E-state index contributed by atoms with van der Waals surface area (Å²) in [5.74, 6) is 0. The van der Waals surface area contributed by atoms with Gasteiger partial charge in [-0.25, -0.2) is 0 Å². The van der Waals surface area contributed by atoms with Gasteiger partial charge in [-0.05, 0) is 45.1 Å². The summed E-state index contributed by atoms with van der Waals surface area (Å²) in [5, 5.41) is 3.42. The van der Waals surface area contributed by atoms with Crippen LogP contribution in [0, 0.1) is 0 Å². The van der Waals surface area contributed by atoms with Gasteiger partial charge in [0.15, 0.2) is 0 Å². The van der Waals surface area contributed by atoms with E-state index in [0.717, 1.165) is 26.0 Å². The summed E-state index contributed by atoms with van der Waals surface area (Å²) in [5.41, 5.74) is 0. The Bertz CT molecular complexity index is 185. The van der Waals surface area contributed by atoms with Crippen molar-refractivity contribution in [3.63, 3.8) is 0 Å². The van der Waals surface area contributed by atoms with E-state index in [1.54, 1.807) is 0 Å². The molecule has 0 aromatic rings. The van der Waals surface area contributed by atoms with E-state index in [4.69, 9.17) is 9.47 Å². The largest absolute Gasteiger partial charge is 0.381 e. The molecule has 1 rings (SSSR count). The van der Waals surface area contributed by atoms with Gasteiger partial charge in [0.1, 0.15) is 0 Å². The smallest absolute Gasteiger partial charge is 0.0599 e. The molecule has 102 valence electrons. The van der Waals surface area contributed by atoms with Crippen LogP contribution >= 0.6 is 0 Å². The monoisotopic (exact) mass is 243 g/mol. The Balaban J connectivity index is 1.95. The van der Waals surface area contributed by atoms with E-state index in [1.807, 2.05) is 7.11 Å². The highest BCUT2D eigenvalue weighted by Crippen LogP contribution is 2.23. The number of ether oxygens (including phenoxy) is 2. The molecule has 1 N–H and O–H groups in total. The van der Waals surface area contributed by atoms with Crippen LogP contribution in [0.1, 0.15) is 52.4 Å². The van der Waals surface area contributed by atoms with Crippen molar-refractivity contribution in [3.05, 3.63) is 0 Å². The standard InChI is InChI=1S/C14H29NO2/c1-12(2)15-9-4-5-10-17-14-8-6-7-13(11-14)16-3/h12-15H,4-11H2,1-3H3. The third-order valence-electron chi connectivity index (χ3n) is 3.39. The Kier molecular flexibility index (Phi) is 7.82. The summed E-state index contributed by atoms with van der Waals surface area (Å²) in [6, 6.07) is 0.594. The van der Waals surface area contributed by atoms with Gasteiger partial charge in [-0.3, -0.25) is 0 Å². The summed E-state index contributed by atoms with van der Waals surface area (Å²) in [4.78, 5) is 0. The van der Waals surface area contributed by atoms with Crippen molar-refractivity contribution in [1.29, 1.82) is 0 Å². The fourth-order valence-corrected chi connectivity index (χ4v) is 2.34. The highest BCUT2D eigenvalue weighted by molar-refractivity contribution is 4.73. The molecule has 0 radical (unpaired) electrons. The third kappa shape index (κ3) is 7.02. The molecule has 0 amide bonds. The van der Waals surface area contributed by atoms with Crippen molar-refractivity contribution in [2.45, 2.75) is 70.6 Å². The summed E-state index contributed by atoms with van der Waals surface area (Å²) >= 11 is 0. The molecule has 3 heteroatoms. The van der Waals surface area contributed by atoms with Crippen LogP contribution in [0.3, 0.4) is 0 Å². The summed E-state index contributed by atoms with van der Waals surface area (Å²) in [6.07, 6.45) is 7.98. The lowest BCUT2D eigenvalue weighted by atomic mass is 9.95. The maximum Gasteiger partial charge on any atom is 0.0599 e. The van der Waals surface area contributed by atoms with Gasteiger partial charge in [0, 0.05) is 19.8 Å². The van der Waals surface area contributed by atoms with Crippen molar-refractivity contribution >= 4 is 0 Å². The molecule has 1 aliphatic carbocycles. The second-order valence-electron chi connectivity index (χ2n) is 5.33. The average Bonchev–Trinajstić information content (AvgIpc) is 2.33. The van der Waals surface area contributed by atoms with Crippen LogP contribution < -0.4 is 5.32 Å². The Morgan fingerprint density at radius 1 is 1.18 bits per heavy atom. The van der Waals surface area contributed by atoms with Crippen molar-refractivity contribution in [2.24, 2.45) is 0 Å². The predicted octanol–water partition coefficient (Wildman–Crippen LogP) is 2.74. The lowest BCUT2D eigenvalue weighted by Gasteiger charge is -2.28. The lowest BCUT2D eigenvalue weighted by Crippen LogP contribution is -2.28. The SMILES string of the molecule is COC1CCCC(OCCCCNC(C)C)C1. The van der Waals surface area contributed by atoms with Crippen LogP contribution in [0.15, 0.2) is 0 Å². The Labute approximate surface area is 106 Å². The zero-order chi connectivity index (χ0) is 12.5. The Morgan fingerprint density at radius 2 is 1.94 bits per heavy atom. The molecule has 0 bridgehead atoms. The molecule has 0 aromatic heterocycles. The minimum atomic E-state index is 0.427. The van der Waals surface area contributed by atoms with Gasteiger partial charge in [-0.1, -0.05) is 13.8 Å². The Hall–Kier alpha value is -0.120. The molecule has 1 saturated carbocycles. The highest BCUT2D eigenvalue weighted by Gasteiger charge is 2.21. The van der Waals surface area contributed by atoms with E-state index in [9.17, 15) is 0 Å². The minimum absolute atomic E-state index is 0.427. The van der Waals surface area contributed by atoms with Crippen LogP contribution in [0.5, 0.6) is 0 Å². The first-order valence-corrected chi connectivity index (χ1v) is 7.10. The van der Waals surface area contributed by atoms with E-state index in [0.29, 0.717) is 18.2 Å². The fourth-order valence-electron chi connectivity index (χ4n) is 2.34. The molecule has 0 saturated heterocycles. The summed E-state index contributed by atoms with van der Waals surface area (Å²) in [7, 11) is 1.81. The quantitative estimate of drug-likeness (QED) is 0.665. The first kappa shape index (κ1) is 14.9. The molecule has 2 unspecified atom stereocenters. The van der Waals surface area contributed by atoms with Crippen molar-refractivity contribution in [2.75, 3.05) is 20.3 Å². The van der Waals surface area contributed by atoms with Crippen LogP contribution in [-0.2, 0) is 9.47 Å². The van der Waals surface area contributed by atoms with E-state index in [1.165, 1.54) is 25.7 Å². The van der Waals surface area contributed by atoms with Crippen LogP contribution in [0.2, 0.25) is 0 Å². The van der Waals surface area contributed by atoms with E-state index >= 15 is 0 Å². The number of rotatable bonds is 8. The normalized spacial score (nSPS) is 25.4. The molecular formula is C14H29NO2. The Morgan fingerprint density at radius 3 is 2.65 bits per heavy atom. The van der Waals surface area contributed by atoms with Crippen molar-refractivity contribution in [3.8, 4) is 0 Å². The van der Waals surface area contributed by atoms with Gasteiger partial charge >= 0.3 is 0 Å². The van der Waals surface area contributed by atoms with Crippen molar-refractivity contribution in [1.82, 2.24) is 5.32 Å². The predicted molar refractivity (Wildman–Crippen MR) is 71.4 cm³/mol. The van der Waals surface area contributed by atoms with Gasteiger partial charge in [0.05, 0.1) is 12.2 Å². The molecule has 0 aliphatic heterocycles. The molecule has 3 nitrogen and oxygen atoms in total. The summed E-state index contributed by atoms with van der Waals surface area (Å²) in [6.45, 7) is 6.38. The van der Waals surface area contributed by atoms with Gasteiger partial charge in [0.25, 0.3) is 0 Å². The molecular weight excluding hydrogens is 214 g/mol. The highest BCUT2D eigenvalue weighted by atomic mass is 16.5. The van der Waals surface area contributed by atoms with E-state index in [-0.39, 0.29) is 0 Å². The van der Waals surface area contributed by atoms with Crippen molar-refractivity contribution < 1.29 is 9.47 Å². The van der Waals surface area contributed by atoms with E-state index < -0.39 is 0 Å². The third-order valence-corrected chi connectivity index (χ3v) is 3.39. The molecule has 1 fully saturated rings. The molecule has 2 atom stereocenters.